The monoisotopic (exact) mass is 455 g/mol. The number of piperazine rings is 1. The van der Waals surface area contributed by atoms with Crippen molar-refractivity contribution >= 4 is 27.8 Å². The average molecular weight is 456 g/mol. The number of allylic oxidation sites excluding steroid dienone is 2. The summed E-state index contributed by atoms with van der Waals surface area (Å²) in [5.74, 6) is 2.13. The van der Waals surface area contributed by atoms with Crippen molar-refractivity contribution in [3.05, 3.63) is 16.6 Å². The smallest absolute Gasteiger partial charge is 0.198 e. The number of aromatic nitrogens is 1. The van der Waals surface area contributed by atoms with Gasteiger partial charge in [0.25, 0.3) is 0 Å². The van der Waals surface area contributed by atoms with E-state index in [1.165, 1.54) is 42.7 Å². The Labute approximate surface area is 195 Å². The van der Waals surface area contributed by atoms with Gasteiger partial charge in [-0.1, -0.05) is 36.4 Å². The minimum atomic E-state index is 0.113. The fourth-order valence-electron chi connectivity index (χ4n) is 7.93. The maximum absolute atomic E-state index is 9.61. The van der Waals surface area contributed by atoms with Gasteiger partial charge in [0.05, 0.1) is 16.3 Å². The second kappa shape index (κ2) is 7.54. The molecule has 1 saturated heterocycles. The molecule has 2 saturated carbocycles. The number of hydrogen-bond acceptors (Lipinski definition) is 7. The summed E-state index contributed by atoms with van der Waals surface area (Å²) < 4.78 is 0. The molecule has 32 heavy (non-hydrogen) atoms. The van der Waals surface area contributed by atoms with Crippen molar-refractivity contribution in [1.29, 1.82) is 0 Å². The zero-order valence-corrected chi connectivity index (χ0v) is 20.5. The minimum absolute atomic E-state index is 0.113. The van der Waals surface area contributed by atoms with E-state index in [0.29, 0.717) is 5.92 Å². The molecule has 0 amide bonds. The van der Waals surface area contributed by atoms with Crippen LogP contribution in [0.1, 0.15) is 62.9 Å². The molecule has 0 unspecified atom stereocenters. The largest absolute Gasteiger partial charge is 0.411 e. The van der Waals surface area contributed by atoms with Crippen LogP contribution < -0.4 is 5.43 Å². The van der Waals surface area contributed by atoms with E-state index in [2.05, 4.69) is 47.5 Å². The predicted molar refractivity (Wildman–Crippen MR) is 130 cm³/mol. The highest BCUT2D eigenvalue weighted by atomic mass is 32.1. The van der Waals surface area contributed by atoms with E-state index in [0.717, 1.165) is 61.7 Å². The maximum atomic E-state index is 9.61. The first kappa shape index (κ1) is 21.1. The van der Waals surface area contributed by atoms with Crippen LogP contribution in [0.4, 0.5) is 5.13 Å². The summed E-state index contributed by atoms with van der Waals surface area (Å²) >= 11 is 1.88. The van der Waals surface area contributed by atoms with E-state index in [9.17, 15) is 5.21 Å². The number of rotatable bonds is 2. The van der Waals surface area contributed by atoms with Gasteiger partial charge in [-0.25, -0.2) is 9.99 Å². The van der Waals surface area contributed by atoms with Gasteiger partial charge in [0.2, 0.25) is 0 Å². The predicted octanol–water partition coefficient (Wildman–Crippen LogP) is 4.73. The van der Waals surface area contributed by atoms with Crippen molar-refractivity contribution < 1.29 is 5.21 Å². The van der Waals surface area contributed by atoms with Crippen molar-refractivity contribution in [1.82, 2.24) is 14.9 Å². The number of likely N-dealkylation sites (N-methyl/N-ethyl adjacent to an activating group) is 1. The van der Waals surface area contributed by atoms with Gasteiger partial charge in [-0.15, -0.1) is 0 Å². The van der Waals surface area contributed by atoms with E-state index in [1.54, 1.807) is 5.57 Å². The first-order chi connectivity index (χ1) is 15.4. The minimum Gasteiger partial charge on any atom is -0.411 e. The lowest BCUT2D eigenvalue weighted by atomic mass is 9.48. The molecule has 7 heteroatoms. The number of thiazole rings is 1. The van der Waals surface area contributed by atoms with Gasteiger partial charge in [-0.05, 0) is 80.7 Å². The Balaban J connectivity index is 1.27. The highest BCUT2D eigenvalue weighted by molar-refractivity contribution is 7.16. The fourth-order valence-corrected chi connectivity index (χ4v) is 9.15. The Morgan fingerprint density at radius 3 is 2.66 bits per heavy atom. The molecule has 0 spiro atoms. The van der Waals surface area contributed by atoms with Gasteiger partial charge in [0, 0.05) is 31.6 Å². The number of oxime groups is 1. The molecule has 5 aliphatic rings. The summed E-state index contributed by atoms with van der Waals surface area (Å²) in [6.45, 7) is 9.22. The number of nitrogens with one attached hydrogen (secondary N) is 1. The van der Waals surface area contributed by atoms with Crippen LogP contribution >= 0.6 is 11.3 Å². The molecule has 1 aliphatic heterocycles. The van der Waals surface area contributed by atoms with Gasteiger partial charge in [0.15, 0.2) is 5.13 Å². The highest BCUT2D eigenvalue weighted by Crippen LogP contribution is 2.65. The molecule has 174 valence electrons. The molecule has 6 rings (SSSR count). The number of nitrogens with zero attached hydrogens (tertiary/aromatic N) is 4. The summed E-state index contributed by atoms with van der Waals surface area (Å²) in [6.07, 6.45) is 10.7. The molecule has 0 aromatic carbocycles. The van der Waals surface area contributed by atoms with Gasteiger partial charge < -0.3 is 10.1 Å². The Hall–Kier alpha value is -1.44. The molecule has 0 radical (unpaired) electrons. The van der Waals surface area contributed by atoms with Crippen molar-refractivity contribution in [3.63, 3.8) is 0 Å². The molecule has 4 aliphatic carbocycles. The third kappa shape index (κ3) is 3.03. The molecule has 2 N–H and O–H groups in total. The number of aryl methyl sites for hydroxylation is 1. The quantitative estimate of drug-likeness (QED) is 0.499. The molecule has 6 nitrogen and oxygen atoms in total. The summed E-state index contributed by atoms with van der Waals surface area (Å²) in [6, 6.07) is 0. The molecule has 2 heterocycles. The number of anilines is 1. The second-order valence-electron chi connectivity index (χ2n) is 11.4. The molecular weight excluding hydrogens is 418 g/mol. The van der Waals surface area contributed by atoms with E-state index in [-0.39, 0.29) is 10.8 Å². The van der Waals surface area contributed by atoms with Gasteiger partial charge in [-0.3, -0.25) is 5.43 Å². The van der Waals surface area contributed by atoms with Crippen molar-refractivity contribution in [2.45, 2.75) is 58.8 Å². The Morgan fingerprint density at radius 2 is 1.88 bits per heavy atom. The zero-order valence-electron chi connectivity index (χ0n) is 19.7. The van der Waals surface area contributed by atoms with Crippen molar-refractivity contribution in [3.8, 4) is 0 Å². The lowest BCUT2D eigenvalue weighted by molar-refractivity contribution is 0.0110. The topological polar surface area (TPSA) is 64.0 Å². The molecular formula is C25H37N5OS. The standard InChI is InChI=1S/C25H37N5OS/c1-24-11-9-20-22(32-23(26-20)27-30-14-12-29(3)13-15-30)19(24)5-4-16-17-6-7-21(28-31)25(17,2)10-8-18(16)24/h5,16-18,31H,4,6-15H2,1-3H3,(H,26,27)/b28-21+/t16-,17-,18-,24+,25-/m0/s1. The summed E-state index contributed by atoms with van der Waals surface area (Å²) in [7, 11) is 2.19. The number of fused-ring (bicyclic) bond motifs is 7. The first-order valence-electron chi connectivity index (χ1n) is 12.5. The van der Waals surface area contributed by atoms with Crippen molar-refractivity contribution in [2.75, 3.05) is 38.7 Å². The van der Waals surface area contributed by atoms with E-state index >= 15 is 0 Å². The van der Waals surface area contributed by atoms with Crippen LogP contribution in [0.3, 0.4) is 0 Å². The van der Waals surface area contributed by atoms with E-state index in [1.807, 2.05) is 11.3 Å². The van der Waals surface area contributed by atoms with Crippen molar-refractivity contribution in [2.24, 2.45) is 33.7 Å². The van der Waals surface area contributed by atoms with E-state index < -0.39 is 0 Å². The first-order valence-corrected chi connectivity index (χ1v) is 13.4. The lowest BCUT2D eigenvalue weighted by Crippen LogP contribution is -2.49. The van der Waals surface area contributed by atoms with Crippen LogP contribution in [-0.4, -0.2) is 59.0 Å². The molecule has 1 aromatic heterocycles. The van der Waals surface area contributed by atoms with E-state index in [4.69, 9.17) is 4.98 Å². The highest BCUT2D eigenvalue weighted by Gasteiger charge is 2.58. The number of hydrogen-bond donors (Lipinski definition) is 2. The molecule has 5 atom stereocenters. The van der Waals surface area contributed by atoms with Gasteiger partial charge in [-0.2, -0.15) is 0 Å². The SMILES string of the molecule is CN1CCN(Nc2nc3c(s2)C2=CC[C@@H]4[C@H](CC[C@]5(C)/C(=N/O)CC[C@@H]45)[C@@]2(C)CC3)CC1. The Bertz CT molecular complexity index is 964. The van der Waals surface area contributed by atoms with Gasteiger partial charge >= 0.3 is 0 Å². The maximum Gasteiger partial charge on any atom is 0.198 e. The third-order valence-corrected chi connectivity index (χ3v) is 10.9. The molecule has 0 bridgehead atoms. The third-order valence-electron chi connectivity index (χ3n) is 9.91. The van der Waals surface area contributed by atoms with Crippen LogP contribution in [0, 0.1) is 28.6 Å². The van der Waals surface area contributed by atoms with Crippen LogP contribution in [0.15, 0.2) is 11.2 Å². The Kier molecular flexibility index (Phi) is 4.97. The zero-order chi connectivity index (χ0) is 22.1. The number of hydrazine groups is 1. The average Bonchev–Trinajstić information content (AvgIpc) is 3.34. The normalized spacial score (nSPS) is 40.9. The molecule has 3 fully saturated rings. The summed E-state index contributed by atoms with van der Waals surface area (Å²) in [5, 5.41) is 16.8. The van der Waals surface area contributed by atoms with Crippen LogP contribution in [0.2, 0.25) is 0 Å². The lowest BCUT2D eigenvalue weighted by Gasteiger charge is -2.56. The van der Waals surface area contributed by atoms with Crippen LogP contribution in [0.5, 0.6) is 0 Å². The summed E-state index contributed by atoms with van der Waals surface area (Å²) in [5.41, 5.74) is 7.95. The van der Waals surface area contributed by atoms with Crippen LogP contribution in [-0.2, 0) is 6.42 Å². The molecule has 1 aromatic rings. The fraction of sp³-hybridized carbons (Fsp3) is 0.760. The second-order valence-corrected chi connectivity index (χ2v) is 12.4. The van der Waals surface area contributed by atoms with Crippen LogP contribution in [0.25, 0.3) is 5.57 Å². The Morgan fingerprint density at radius 1 is 1.09 bits per heavy atom. The summed E-state index contributed by atoms with van der Waals surface area (Å²) in [4.78, 5) is 8.88. The van der Waals surface area contributed by atoms with Gasteiger partial charge in [0.1, 0.15) is 0 Å².